The molecule has 1 saturated carbocycles. The molecule has 0 amide bonds. The Morgan fingerprint density at radius 2 is 2.14 bits per heavy atom. The van der Waals surface area contributed by atoms with Gasteiger partial charge in [-0.15, -0.1) is 0 Å². The van der Waals surface area contributed by atoms with Crippen molar-refractivity contribution in [2.75, 3.05) is 6.61 Å². The third-order valence-corrected chi connectivity index (χ3v) is 6.00. The van der Waals surface area contributed by atoms with Crippen molar-refractivity contribution in [2.24, 2.45) is 0 Å². The van der Waals surface area contributed by atoms with Gasteiger partial charge in [-0.2, -0.15) is 10.2 Å². The molecular weight excluding hydrogens is 352 g/mol. The van der Waals surface area contributed by atoms with Gasteiger partial charge in [-0.05, 0) is 43.2 Å². The first kappa shape index (κ1) is 17.1. The summed E-state index contributed by atoms with van der Waals surface area (Å²) in [6.07, 6.45) is 6.74. The zero-order valence-electron chi connectivity index (χ0n) is 15.9. The first-order valence-corrected chi connectivity index (χ1v) is 9.81. The first-order valence-electron chi connectivity index (χ1n) is 9.81. The molecule has 1 aromatic carbocycles. The number of pyridine rings is 1. The fourth-order valence-corrected chi connectivity index (χ4v) is 4.34. The van der Waals surface area contributed by atoms with E-state index in [2.05, 4.69) is 29.0 Å². The molecule has 3 aromatic rings. The summed E-state index contributed by atoms with van der Waals surface area (Å²) < 4.78 is 13.9. The first-order chi connectivity index (χ1) is 13.6. The van der Waals surface area contributed by atoms with Crippen molar-refractivity contribution >= 4 is 11.0 Å². The standard InChI is InChI=1S/C22H22N4O2/c1-22(8-2-3-9-22)20-7-5-16(12-24-20)27-14-17-13-26-19-6-4-15(11-23)10-18(19)25-21(26)28-17/h4-7,10,12,17H,2-3,8-9,13-14H2,1H3/t17-/m0/s1. The van der Waals surface area contributed by atoms with Gasteiger partial charge in [0.05, 0.1) is 35.4 Å². The monoisotopic (exact) mass is 374 g/mol. The summed E-state index contributed by atoms with van der Waals surface area (Å²) in [5.41, 5.74) is 3.75. The zero-order chi connectivity index (χ0) is 19.1. The second-order valence-corrected chi connectivity index (χ2v) is 8.02. The minimum absolute atomic E-state index is 0.0884. The molecule has 0 unspecified atom stereocenters. The van der Waals surface area contributed by atoms with Crippen molar-refractivity contribution in [2.45, 2.75) is 50.7 Å². The van der Waals surface area contributed by atoms with E-state index in [1.807, 2.05) is 22.9 Å². The number of imidazole rings is 1. The van der Waals surface area contributed by atoms with Crippen LogP contribution in [0.3, 0.4) is 0 Å². The summed E-state index contributed by atoms with van der Waals surface area (Å²) in [5.74, 6) is 0.766. The molecule has 1 atom stereocenters. The molecule has 5 rings (SSSR count). The van der Waals surface area contributed by atoms with Gasteiger partial charge < -0.3 is 9.47 Å². The van der Waals surface area contributed by atoms with Crippen LogP contribution < -0.4 is 9.47 Å². The van der Waals surface area contributed by atoms with E-state index in [0.29, 0.717) is 24.7 Å². The van der Waals surface area contributed by atoms with Gasteiger partial charge in [0.2, 0.25) is 0 Å². The van der Waals surface area contributed by atoms with E-state index >= 15 is 0 Å². The molecule has 1 fully saturated rings. The van der Waals surface area contributed by atoms with Gasteiger partial charge >= 0.3 is 0 Å². The molecule has 0 radical (unpaired) electrons. The maximum Gasteiger partial charge on any atom is 0.297 e. The topological polar surface area (TPSA) is 73.0 Å². The Bertz CT molecular complexity index is 1060. The third-order valence-electron chi connectivity index (χ3n) is 6.00. The molecule has 0 spiro atoms. The predicted molar refractivity (Wildman–Crippen MR) is 104 cm³/mol. The minimum atomic E-state index is -0.0884. The molecule has 2 aromatic heterocycles. The average molecular weight is 374 g/mol. The van der Waals surface area contributed by atoms with Crippen molar-refractivity contribution in [1.29, 1.82) is 5.26 Å². The number of benzene rings is 1. The van der Waals surface area contributed by atoms with E-state index < -0.39 is 0 Å². The van der Waals surface area contributed by atoms with E-state index in [0.717, 1.165) is 22.5 Å². The molecule has 0 N–H and O–H groups in total. The number of rotatable bonds is 4. The number of nitrogens with zero attached hydrogens (tertiary/aromatic N) is 4. The van der Waals surface area contributed by atoms with Crippen molar-refractivity contribution in [1.82, 2.24) is 14.5 Å². The van der Waals surface area contributed by atoms with Gasteiger partial charge in [0.25, 0.3) is 6.01 Å². The van der Waals surface area contributed by atoms with Crippen LogP contribution in [0.1, 0.15) is 43.9 Å². The second-order valence-electron chi connectivity index (χ2n) is 8.02. The van der Waals surface area contributed by atoms with Crippen molar-refractivity contribution in [3.63, 3.8) is 0 Å². The number of nitriles is 1. The number of hydrogen-bond acceptors (Lipinski definition) is 5. The Labute approximate surface area is 163 Å². The lowest BCUT2D eigenvalue weighted by Crippen LogP contribution is -2.24. The van der Waals surface area contributed by atoms with Crippen LogP contribution in [0, 0.1) is 11.3 Å². The molecule has 1 aliphatic heterocycles. The van der Waals surface area contributed by atoms with Gasteiger partial charge in [-0.25, -0.2) is 0 Å². The maximum absolute atomic E-state index is 9.02. The Morgan fingerprint density at radius 1 is 1.29 bits per heavy atom. The maximum atomic E-state index is 9.02. The van der Waals surface area contributed by atoms with E-state index in [-0.39, 0.29) is 11.5 Å². The van der Waals surface area contributed by atoms with Crippen LogP contribution in [0.2, 0.25) is 0 Å². The number of ether oxygens (including phenoxy) is 2. The van der Waals surface area contributed by atoms with E-state index in [1.165, 1.54) is 25.7 Å². The fourth-order valence-electron chi connectivity index (χ4n) is 4.34. The summed E-state index contributed by atoms with van der Waals surface area (Å²) in [6, 6.07) is 12.3. The molecule has 0 bridgehead atoms. The minimum Gasteiger partial charge on any atom is -0.488 e. The highest BCUT2D eigenvalue weighted by Gasteiger charge is 2.32. The van der Waals surface area contributed by atoms with E-state index in [4.69, 9.17) is 14.7 Å². The highest BCUT2D eigenvalue weighted by molar-refractivity contribution is 5.78. The summed E-state index contributed by atoms with van der Waals surface area (Å²) in [7, 11) is 0. The smallest absolute Gasteiger partial charge is 0.297 e. The van der Waals surface area contributed by atoms with E-state index in [1.54, 1.807) is 12.1 Å². The highest BCUT2D eigenvalue weighted by atomic mass is 16.6. The molecular formula is C22H22N4O2. The van der Waals surface area contributed by atoms with Crippen LogP contribution >= 0.6 is 0 Å². The predicted octanol–water partition coefficient (Wildman–Crippen LogP) is 3.97. The Hall–Kier alpha value is -3.07. The van der Waals surface area contributed by atoms with Gasteiger partial charge in [0.15, 0.2) is 6.10 Å². The largest absolute Gasteiger partial charge is 0.488 e. The lowest BCUT2D eigenvalue weighted by Gasteiger charge is -2.22. The highest BCUT2D eigenvalue weighted by Crippen LogP contribution is 2.39. The van der Waals surface area contributed by atoms with Crippen LogP contribution in [0.4, 0.5) is 0 Å². The SMILES string of the molecule is CC1(c2ccc(OC[C@@H]3Cn4c(nc5cc(C#N)ccc54)O3)cn2)CCCC1. The summed E-state index contributed by atoms with van der Waals surface area (Å²) in [5, 5.41) is 9.02. The van der Waals surface area contributed by atoms with Crippen LogP contribution in [-0.4, -0.2) is 27.2 Å². The quantitative estimate of drug-likeness (QED) is 0.691. The van der Waals surface area contributed by atoms with Gasteiger partial charge in [0.1, 0.15) is 12.4 Å². The van der Waals surface area contributed by atoms with Crippen LogP contribution in [0.5, 0.6) is 11.8 Å². The second kappa shape index (κ2) is 6.52. The van der Waals surface area contributed by atoms with Crippen molar-refractivity contribution in [3.8, 4) is 17.8 Å². The Morgan fingerprint density at radius 3 is 2.89 bits per heavy atom. The molecule has 2 aliphatic rings. The van der Waals surface area contributed by atoms with Crippen LogP contribution in [-0.2, 0) is 12.0 Å². The van der Waals surface area contributed by atoms with Gasteiger partial charge in [-0.1, -0.05) is 19.8 Å². The summed E-state index contributed by atoms with van der Waals surface area (Å²) in [6.45, 7) is 3.43. The summed E-state index contributed by atoms with van der Waals surface area (Å²) in [4.78, 5) is 9.15. The third kappa shape index (κ3) is 2.88. The normalized spacial score (nSPS) is 19.9. The molecule has 0 saturated heterocycles. The Balaban J connectivity index is 1.23. The zero-order valence-corrected chi connectivity index (χ0v) is 15.9. The molecule has 28 heavy (non-hydrogen) atoms. The van der Waals surface area contributed by atoms with Crippen LogP contribution in [0.15, 0.2) is 36.5 Å². The molecule has 3 heterocycles. The molecule has 142 valence electrons. The van der Waals surface area contributed by atoms with E-state index in [9.17, 15) is 0 Å². The van der Waals surface area contributed by atoms with Crippen LogP contribution in [0.25, 0.3) is 11.0 Å². The molecule has 6 nitrogen and oxygen atoms in total. The van der Waals surface area contributed by atoms with Crippen molar-refractivity contribution < 1.29 is 9.47 Å². The summed E-state index contributed by atoms with van der Waals surface area (Å²) >= 11 is 0. The lowest BCUT2D eigenvalue weighted by molar-refractivity contribution is 0.143. The van der Waals surface area contributed by atoms with Gasteiger partial charge in [0, 0.05) is 11.1 Å². The van der Waals surface area contributed by atoms with Crippen molar-refractivity contribution in [3.05, 3.63) is 47.8 Å². The fraction of sp³-hybridized carbons (Fsp3) is 0.409. The average Bonchev–Trinajstić information content (AvgIpc) is 3.41. The molecule has 1 aliphatic carbocycles. The Kier molecular flexibility index (Phi) is 3.97. The number of aromatic nitrogens is 3. The lowest BCUT2D eigenvalue weighted by atomic mass is 9.85. The number of hydrogen-bond donors (Lipinski definition) is 0. The number of fused-ring (bicyclic) bond motifs is 3. The molecule has 6 heteroatoms. The van der Waals surface area contributed by atoms with Gasteiger partial charge in [-0.3, -0.25) is 9.55 Å².